The van der Waals surface area contributed by atoms with E-state index in [-0.39, 0.29) is 26.2 Å². The maximum atomic E-state index is 13.2. The fourth-order valence-corrected chi connectivity index (χ4v) is 4.81. The molecule has 0 aliphatic heterocycles. The third-order valence-corrected chi connectivity index (χ3v) is 6.82. The van der Waals surface area contributed by atoms with Gasteiger partial charge in [-0.25, -0.2) is 13.4 Å². The van der Waals surface area contributed by atoms with E-state index in [1.165, 1.54) is 27.2 Å². The molecule has 7 nitrogen and oxygen atoms in total. The summed E-state index contributed by atoms with van der Waals surface area (Å²) in [7, 11) is -3.97. The SMILES string of the molecule is CCn1c(=N)c(S(=O)(=O)c2ccc(C)cc2)cc2c(=O)n3cccc(C)c3nc21. The van der Waals surface area contributed by atoms with E-state index in [2.05, 4.69) is 4.98 Å². The second kappa shape index (κ2) is 6.66. The van der Waals surface area contributed by atoms with Crippen molar-refractivity contribution in [3.8, 4) is 0 Å². The summed E-state index contributed by atoms with van der Waals surface area (Å²) in [6.07, 6.45) is 1.61. The monoisotopic (exact) mass is 408 g/mol. The molecule has 3 aromatic heterocycles. The molecule has 0 amide bonds. The van der Waals surface area contributed by atoms with Crippen molar-refractivity contribution >= 4 is 26.5 Å². The molecule has 1 N–H and O–H groups in total. The van der Waals surface area contributed by atoms with Crippen molar-refractivity contribution in [2.24, 2.45) is 0 Å². The van der Waals surface area contributed by atoms with Gasteiger partial charge in [0, 0.05) is 12.7 Å². The van der Waals surface area contributed by atoms with Gasteiger partial charge in [-0.15, -0.1) is 0 Å². The molecular weight excluding hydrogens is 388 g/mol. The molecule has 0 saturated heterocycles. The van der Waals surface area contributed by atoms with Gasteiger partial charge in [-0.05, 0) is 50.6 Å². The number of aryl methyl sites for hydroxylation is 3. The largest absolute Gasteiger partial charge is 0.310 e. The van der Waals surface area contributed by atoms with Crippen LogP contribution >= 0.6 is 0 Å². The van der Waals surface area contributed by atoms with Gasteiger partial charge in [0.1, 0.15) is 21.7 Å². The first-order chi connectivity index (χ1) is 13.8. The van der Waals surface area contributed by atoms with E-state index in [1.807, 2.05) is 19.9 Å². The highest BCUT2D eigenvalue weighted by Gasteiger charge is 2.23. The van der Waals surface area contributed by atoms with Crippen LogP contribution in [0.3, 0.4) is 0 Å². The molecule has 0 aliphatic carbocycles. The lowest BCUT2D eigenvalue weighted by atomic mass is 10.2. The second-order valence-electron chi connectivity index (χ2n) is 6.96. The Balaban J connectivity index is 2.15. The summed E-state index contributed by atoms with van der Waals surface area (Å²) in [4.78, 5) is 17.6. The Morgan fingerprint density at radius 1 is 1.07 bits per heavy atom. The van der Waals surface area contributed by atoms with Gasteiger partial charge in [-0.2, -0.15) is 0 Å². The highest BCUT2D eigenvalue weighted by Crippen LogP contribution is 2.21. The maximum Gasteiger partial charge on any atom is 0.267 e. The average Bonchev–Trinajstić information content (AvgIpc) is 2.69. The first-order valence-corrected chi connectivity index (χ1v) is 10.7. The summed E-state index contributed by atoms with van der Waals surface area (Å²) in [5.41, 5.74) is 1.99. The first-order valence-electron chi connectivity index (χ1n) is 9.17. The van der Waals surface area contributed by atoms with Gasteiger partial charge in [0.25, 0.3) is 5.56 Å². The molecular formula is C21H20N4O3S. The average molecular weight is 408 g/mol. The summed E-state index contributed by atoms with van der Waals surface area (Å²) >= 11 is 0. The van der Waals surface area contributed by atoms with Crippen LogP contribution in [-0.4, -0.2) is 22.4 Å². The zero-order valence-electron chi connectivity index (χ0n) is 16.3. The molecule has 4 rings (SSSR count). The van der Waals surface area contributed by atoms with E-state index < -0.39 is 9.84 Å². The molecule has 1 aromatic carbocycles. The third-order valence-electron chi connectivity index (χ3n) is 5.04. The van der Waals surface area contributed by atoms with Gasteiger partial charge in [0.15, 0.2) is 0 Å². The molecule has 0 spiro atoms. The fourth-order valence-electron chi connectivity index (χ4n) is 3.43. The Labute approximate surface area is 167 Å². The number of fused-ring (bicyclic) bond motifs is 2. The molecule has 0 saturated carbocycles. The molecule has 148 valence electrons. The molecule has 29 heavy (non-hydrogen) atoms. The number of benzene rings is 1. The van der Waals surface area contributed by atoms with Gasteiger partial charge >= 0.3 is 0 Å². The zero-order valence-corrected chi connectivity index (χ0v) is 17.1. The van der Waals surface area contributed by atoms with Crippen molar-refractivity contribution in [3.05, 3.63) is 75.6 Å². The predicted octanol–water partition coefficient (Wildman–Crippen LogP) is 2.60. The molecule has 0 atom stereocenters. The van der Waals surface area contributed by atoms with Crippen LogP contribution in [0.15, 0.2) is 63.2 Å². The zero-order chi connectivity index (χ0) is 20.9. The van der Waals surface area contributed by atoms with E-state index in [1.54, 1.807) is 31.3 Å². The van der Waals surface area contributed by atoms with E-state index in [0.717, 1.165) is 11.1 Å². The molecule has 8 heteroatoms. The Hall–Kier alpha value is -3.26. The number of nitrogens with one attached hydrogen (secondary N) is 1. The minimum Gasteiger partial charge on any atom is -0.310 e. The van der Waals surface area contributed by atoms with E-state index in [0.29, 0.717) is 17.8 Å². The quantitative estimate of drug-likeness (QED) is 0.527. The highest BCUT2D eigenvalue weighted by molar-refractivity contribution is 7.91. The highest BCUT2D eigenvalue weighted by atomic mass is 32.2. The van der Waals surface area contributed by atoms with Crippen molar-refractivity contribution in [3.63, 3.8) is 0 Å². The van der Waals surface area contributed by atoms with Gasteiger partial charge in [0.05, 0.1) is 10.3 Å². The van der Waals surface area contributed by atoms with Crippen molar-refractivity contribution in [2.45, 2.75) is 37.1 Å². The minimum absolute atomic E-state index is 0.0864. The molecule has 4 aromatic rings. The number of pyridine rings is 2. The lowest BCUT2D eigenvalue weighted by Gasteiger charge is -2.14. The minimum atomic E-state index is -3.97. The van der Waals surface area contributed by atoms with Crippen LogP contribution in [0.5, 0.6) is 0 Å². The standard InChI is InChI=1S/C21H20N4O3S/c1-4-24-18(22)17(29(27,28)15-9-7-13(2)8-10-15)12-16-20(24)23-19-14(3)6-5-11-25(19)21(16)26/h5-12,22H,4H2,1-3H3. The van der Waals surface area contributed by atoms with Crippen LogP contribution in [0.2, 0.25) is 0 Å². The smallest absolute Gasteiger partial charge is 0.267 e. The Morgan fingerprint density at radius 3 is 2.41 bits per heavy atom. The van der Waals surface area contributed by atoms with Gasteiger partial charge in [0.2, 0.25) is 9.84 Å². The van der Waals surface area contributed by atoms with Crippen LogP contribution in [0.4, 0.5) is 0 Å². The van der Waals surface area contributed by atoms with Crippen molar-refractivity contribution in [1.29, 1.82) is 5.41 Å². The molecule has 3 heterocycles. The number of rotatable bonds is 3. The fraction of sp³-hybridized carbons (Fsp3) is 0.190. The predicted molar refractivity (Wildman–Crippen MR) is 110 cm³/mol. The summed E-state index contributed by atoms with van der Waals surface area (Å²) in [5, 5.41) is 8.71. The Morgan fingerprint density at radius 2 is 1.76 bits per heavy atom. The van der Waals surface area contributed by atoms with Crippen LogP contribution in [-0.2, 0) is 16.4 Å². The van der Waals surface area contributed by atoms with E-state index in [4.69, 9.17) is 5.41 Å². The number of nitrogens with zero attached hydrogens (tertiary/aromatic N) is 3. The molecule has 0 fully saturated rings. The van der Waals surface area contributed by atoms with Gasteiger partial charge < -0.3 is 4.57 Å². The lowest BCUT2D eigenvalue weighted by Crippen LogP contribution is -2.29. The number of hydrogen-bond donors (Lipinski definition) is 1. The third kappa shape index (κ3) is 2.87. The lowest BCUT2D eigenvalue weighted by molar-refractivity contribution is 0.590. The summed E-state index contributed by atoms with van der Waals surface area (Å²) in [6.45, 7) is 5.82. The summed E-state index contributed by atoms with van der Waals surface area (Å²) in [5.74, 6) is 0. The maximum absolute atomic E-state index is 13.2. The van der Waals surface area contributed by atoms with Crippen molar-refractivity contribution in [2.75, 3.05) is 0 Å². The Kier molecular flexibility index (Phi) is 4.38. The second-order valence-corrected chi connectivity index (χ2v) is 8.88. The summed E-state index contributed by atoms with van der Waals surface area (Å²) < 4.78 is 29.4. The van der Waals surface area contributed by atoms with Crippen molar-refractivity contribution in [1.82, 2.24) is 14.0 Å². The molecule has 0 unspecified atom stereocenters. The number of hydrogen-bond acceptors (Lipinski definition) is 5. The number of aromatic nitrogens is 3. The summed E-state index contributed by atoms with van der Waals surface area (Å²) in [6, 6.07) is 11.3. The van der Waals surface area contributed by atoms with Crippen LogP contribution in [0.1, 0.15) is 18.1 Å². The van der Waals surface area contributed by atoms with Crippen LogP contribution < -0.4 is 11.0 Å². The molecule has 0 radical (unpaired) electrons. The molecule has 0 aliphatic rings. The van der Waals surface area contributed by atoms with Gasteiger partial charge in [-0.1, -0.05) is 23.8 Å². The van der Waals surface area contributed by atoms with Crippen molar-refractivity contribution < 1.29 is 8.42 Å². The van der Waals surface area contributed by atoms with Gasteiger partial charge in [-0.3, -0.25) is 14.6 Å². The first kappa shape index (κ1) is 19.1. The van der Waals surface area contributed by atoms with E-state index in [9.17, 15) is 13.2 Å². The molecule has 0 bridgehead atoms. The van der Waals surface area contributed by atoms with E-state index >= 15 is 0 Å². The van der Waals surface area contributed by atoms with Crippen LogP contribution in [0, 0.1) is 19.3 Å². The normalized spacial score (nSPS) is 12.0. The van der Waals surface area contributed by atoms with Crippen LogP contribution in [0.25, 0.3) is 16.7 Å². The topological polar surface area (TPSA) is 97.3 Å². The number of sulfone groups is 1. The Bertz CT molecular complexity index is 1500.